The van der Waals surface area contributed by atoms with Crippen LogP contribution in [0.1, 0.15) is 32.4 Å². The molecule has 1 atom stereocenters. The van der Waals surface area contributed by atoms with Crippen molar-refractivity contribution in [2.45, 2.75) is 26.7 Å². The zero-order chi connectivity index (χ0) is 10.7. The number of rotatable bonds is 3. The first-order chi connectivity index (χ1) is 6.54. The van der Waals surface area contributed by atoms with Gasteiger partial charge in [-0.05, 0) is 40.9 Å². The number of ketones is 1. The lowest BCUT2D eigenvalue weighted by atomic mass is 9.89. The van der Waals surface area contributed by atoms with E-state index in [-0.39, 0.29) is 17.6 Å². The second-order valence-electron chi connectivity index (χ2n) is 3.70. The minimum Gasteiger partial charge on any atom is -0.299 e. The summed E-state index contributed by atoms with van der Waals surface area (Å²) in [6, 6.07) is 3.77. The molecule has 0 aliphatic heterocycles. The van der Waals surface area contributed by atoms with Crippen LogP contribution < -0.4 is 0 Å². The Labute approximate surface area is 92.9 Å². The molecule has 1 aromatic heterocycles. The van der Waals surface area contributed by atoms with Gasteiger partial charge in [0.15, 0.2) is 0 Å². The molecule has 0 radical (unpaired) electrons. The van der Waals surface area contributed by atoms with Crippen LogP contribution in [0.5, 0.6) is 0 Å². The van der Waals surface area contributed by atoms with Gasteiger partial charge in [0.05, 0.1) is 11.6 Å². The first-order valence-electron chi connectivity index (χ1n) is 4.65. The molecule has 2 nitrogen and oxygen atoms in total. The zero-order valence-corrected chi connectivity index (χ0v) is 10.2. The molecule has 0 bridgehead atoms. The van der Waals surface area contributed by atoms with Gasteiger partial charge >= 0.3 is 0 Å². The summed E-state index contributed by atoms with van der Waals surface area (Å²) < 4.78 is 0.911. The van der Waals surface area contributed by atoms with E-state index >= 15 is 0 Å². The van der Waals surface area contributed by atoms with Gasteiger partial charge in [0.25, 0.3) is 0 Å². The molecule has 1 rings (SSSR count). The third kappa shape index (κ3) is 2.41. The predicted molar refractivity (Wildman–Crippen MR) is 60.2 cm³/mol. The van der Waals surface area contributed by atoms with Crippen molar-refractivity contribution in [3.8, 4) is 0 Å². The summed E-state index contributed by atoms with van der Waals surface area (Å²) in [5, 5.41) is 0. The number of carbonyl (C=O) groups is 1. The van der Waals surface area contributed by atoms with Crippen LogP contribution in [0, 0.1) is 5.92 Å². The van der Waals surface area contributed by atoms with Crippen molar-refractivity contribution in [1.29, 1.82) is 0 Å². The Morgan fingerprint density at radius 3 is 2.57 bits per heavy atom. The fourth-order valence-electron chi connectivity index (χ4n) is 1.60. The molecule has 0 aromatic carbocycles. The average molecular weight is 256 g/mol. The van der Waals surface area contributed by atoms with Crippen molar-refractivity contribution in [2.24, 2.45) is 5.92 Å². The van der Waals surface area contributed by atoms with Crippen molar-refractivity contribution in [3.05, 3.63) is 28.5 Å². The minimum atomic E-state index is -0.106. The Hall–Kier alpha value is -0.700. The molecular weight excluding hydrogens is 242 g/mol. The van der Waals surface area contributed by atoms with E-state index in [0.29, 0.717) is 0 Å². The highest BCUT2D eigenvalue weighted by Crippen LogP contribution is 2.29. The largest absolute Gasteiger partial charge is 0.299 e. The minimum absolute atomic E-state index is 0.106. The van der Waals surface area contributed by atoms with Gasteiger partial charge in [-0.15, -0.1) is 0 Å². The van der Waals surface area contributed by atoms with Crippen molar-refractivity contribution in [3.63, 3.8) is 0 Å². The van der Waals surface area contributed by atoms with Crippen LogP contribution in [0.3, 0.4) is 0 Å². The Balaban J connectivity index is 3.12. The summed E-state index contributed by atoms with van der Waals surface area (Å²) in [5.74, 6) is 0.337. The van der Waals surface area contributed by atoms with Crippen LogP contribution in [0.4, 0.5) is 0 Å². The van der Waals surface area contributed by atoms with Gasteiger partial charge in [0.2, 0.25) is 0 Å². The van der Waals surface area contributed by atoms with E-state index in [2.05, 4.69) is 20.9 Å². The molecule has 0 spiro atoms. The summed E-state index contributed by atoms with van der Waals surface area (Å²) in [4.78, 5) is 15.7. The molecule has 0 amide bonds. The van der Waals surface area contributed by atoms with Crippen molar-refractivity contribution < 1.29 is 4.79 Å². The first kappa shape index (κ1) is 11.4. The molecule has 1 aromatic rings. The van der Waals surface area contributed by atoms with E-state index < -0.39 is 0 Å². The second kappa shape index (κ2) is 4.69. The van der Waals surface area contributed by atoms with Gasteiger partial charge in [-0.1, -0.05) is 13.8 Å². The van der Waals surface area contributed by atoms with Crippen LogP contribution in [0.2, 0.25) is 0 Å². The normalized spacial score (nSPS) is 12.9. The Morgan fingerprint density at radius 2 is 2.14 bits per heavy atom. The van der Waals surface area contributed by atoms with E-state index in [9.17, 15) is 4.79 Å². The summed E-state index contributed by atoms with van der Waals surface area (Å²) in [6.45, 7) is 5.69. The Morgan fingerprint density at radius 1 is 1.50 bits per heavy atom. The third-order valence-corrected chi connectivity index (χ3v) is 2.86. The SMILES string of the molecule is CC(=O)C(c1ncccc1Br)C(C)C. The van der Waals surface area contributed by atoms with Crippen LogP contribution in [0.25, 0.3) is 0 Å². The van der Waals surface area contributed by atoms with E-state index in [1.165, 1.54) is 0 Å². The number of Topliss-reactive ketones (excluding diaryl/α,β-unsaturated/α-hetero) is 1. The summed E-state index contributed by atoms with van der Waals surface area (Å²) in [5.41, 5.74) is 0.843. The van der Waals surface area contributed by atoms with E-state index in [1.807, 2.05) is 26.0 Å². The fourth-order valence-corrected chi connectivity index (χ4v) is 2.11. The lowest BCUT2D eigenvalue weighted by Gasteiger charge is -2.18. The molecule has 3 heteroatoms. The van der Waals surface area contributed by atoms with Gasteiger partial charge in [-0.3, -0.25) is 9.78 Å². The average Bonchev–Trinajstić information content (AvgIpc) is 2.07. The first-order valence-corrected chi connectivity index (χ1v) is 5.44. The molecule has 1 unspecified atom stereocenters. The fraction of sp³-hybridized carbons (Fsp3) is 0.455. The zero-order valence-electron chi connectivity index (χ0n) is 8.62. The number of halogens is 1. The highest BCUT2D eigenvalue weighted by atomic mass is 79.9. The van der Waals surface area contributed by atoms with Gasteiger partial charge in [0, 0.05) is 10.7 Å². The summed E-state index contributed by atoms with van der Waals surface area (Å²) in [7, 11) is 0. The van der Waals surface area contributed by atoms with Crippen molar-refractivity contribution in [2.75, 3.05) is 0 Å². The number of hydrogen-bond acceptors (Lipinski definition) is 2. The molecule has 0 fully saturated rings. The van der Waals surface area contributed by atoms with Gasteiger partial charge in [-0.25, -0.2) is 0 Å². The lowest BCUT2D eigenvalue weighted by Crippen LogP contribution is -2.17. The monoisotopic (exact) mass is 255 g/mol. The number of carbonyl (C=O) groups excluding carboxylic acids is 1. The van der Waals surface area contributed by atoms with E-state index in [4.69, 9.17) is 0 Å². The molecule has 0 saturated carbocycles. The maximum Gasteiger partial charge on any atom is 0.139 e. The molecular formula is C11H14BrNO. The lowest BCUT2D eigenvalue weighted by molar-refractivity contribution is -0.119. The molecule has 0 aliphatic carbocycles. The molecule has 76 valence electrons. The van der Waals surface area contributed by atoms with Gasteiger partial charge in [0.1, 0.15) is 5.78 Å². The molecule has 0 aliphatic rings. The highest BCUT2D eigenvalue weighted by molar-refractivity contribution is 9.10. The molecule has 1 heterocycles. The topological polar surface area (TPSA) is 30.0 Å². The van der Waals surface area contributed by atoms with Gasteiger partial charge < -0.3 is 0 Å². The summed E-state index contributed by atoms with van der Waals surface area (Å²) >= 11 is 3.42. The predicted octanol–water partition coefficient (Wildman–Crippen LogP) is 3.17. The van der Waals surface area contributed by atoms with Crippen LogP contribution >= 0.6 is 15.9 Å². The smallest absolute Gasteiger partial charge is 0.139 e. The number of aromatic nitrogens is 1. The molecule has 14 heavy (non-hydrogen) atoms. The van der Waals surface area contributed by atoms with Crippen molar-refractivity contribution >= 4 is 21.7 Å². The quantitative estimate of drug-likeness (QED) is 0.831. The van der Waals surface area contributed by atoms with Crippen LogP contribution in [-0.2, 0) is 4.79 Å². The number of nitrogens with zero attached hydrogens (tertiary/aromatic N) is 1. The third-order valence-electron chi connectivity index (χ3n) is 2.19. The Bertz CT molecular complexity index is 336. The summed E-state index contributed by atoms with van der Waals surface area (Å²) in [6.07, 6.45) is 1.72. The van der Waals surface area contributed by atoms with Gasteiger partial charge in [-0.2, -0.15) is 0 Å². The van der Waals surface area contributed by atoms with Crippen molar-refractivity contribution in [1.82, 2.24) is 4.98 Å². The van der Waals surface area contributed by atoms with Crippen LogP contribution in [-0.4, -0.2) is 10.8 Å². The van der Waals surface area contributed by atoms with E-state index in [0.717, 1.165) is 10.2 Å². The number of pyridine rings is 1. The standard InChI is InChI=1S/C11H14BrNO/c1-7(2)10(8(3)14)11-9(12)5-4-6-13-11/h4-7,10H,1-3H3. The van der Waals surface area contributed by atoms with E-state index in [1.54, 1.807) is 13.1 Å². The number of hydrogen-bond donors (Lipinski definition) is 0. The maximum absolute atomic E-state index is 11.5. The second-order valence-corrected chi connectivity index (χ2v) is 4.56. The molecule has 0 N–H and O–H groups in total. The maximum atomic E-state index is 11.5. The highest BCUT2D eigenvalue weighted by Gasteiger charge is 2.23. The molecule has 0 saturated heterocycles. The Kier molecular flexibility index (Phi) is 3.81. The van der Waals surface area contributed by atoms with Crippen LogP contribution in [0.15, 0.2) is 22.8 Å².